The second-order valence-electron chi connectivity index (χ2n) is 7.27. The van der Waals surface area contributed by atoms with Gasteiger partial charge in [0.2, 0.25) is 0 Å². The highest BCUT2D eigenvalue weighted by molar-refractivity contribution is 5.63. The molecule has 3 heterocycles. The molecule has 0 bridgehead atoms. The van der Waals surface area contributed by atoms with Gasteiger partial charge < -0.3 is 10.6 Å². The fourth-order valence-electron chi connectivity index (χ4n) is 3.13. The minimum atomic E-state index is -0.418. The van der Waals surface area contributed by atoms with Crippen LogP contribution in [0.1, 0.15) is 22.5 Å². The molecule has 33 heavy (non-hydrogen) atoms. The monoisotopic (exact) mass is 446 g/mol. The summed E-state index contributed by atoms with van der Waals surface area (Å²) in [5, 5.41) is 6.11. The molecule has 3 rings (SSSR count). The lowest BCUT2D eigenvalue weighted by Gasteiger charge is -2.11. The van der Waals surface area contributed by atoms with Gasteiger partial charge in [0, 0.05) is 73.2 Å². The number of allylic oxidation sites excluding steroid dienone is 1. The molecule has 3 aromatic heterocycles. The van der Waals surface area contributed by atoms with Crippen molar-refractivity contribution in [1.29, 1.82) is 0 Å². The van der Waals surface area contributed by atoms with Crippen LogP contribution in [0.3, 0.4) is 0 Å². The topological polar surface area (TPSA) is 100 Å². The molecule has 0 saturated heterocycles. The molecular weight excluding hydrogens is 419 g/mol. The Hall–Kier alpha value is -3.85. The number of likely N-dealkylation sites (N-methyl/N-ethyl adjacent to an activating group) is 1. The Balaban J connectivity index is 1.73. The summed E-state index contributed by atoms with van der Waals surface area (Å²) in [5.41, 5.74) is 4.23. The Morgan fingerprint density at radius 1 is 1.15 bits per heavy atom. The van der Waals surface area contributed by atoms with Crippen molar-refractivity contribution >= 4 is 13.1 Å². The van der Waals surface area contributed by atoms with E-state index in [0.29, 0.717) is 18.8 Å². The van der Waals surface area contributed by atoms with Gasteiger partial charge in [-0.05, 0) is 44.5 Å². The third kappa shape index (κ3) is 7.08. The fourth-order valence-corrected chi connectivity index (χ4v) is 3.13. The number of hydrogen-bond acceptors (Lipinski definition) is 7. The van der Waals surface area contributed by atoms with Crippen LogP contribution in [0, 0.1) is 6.92 Å². The van der Waals surface area contributed by atoms with E-state index in [2.05, 4.69) is 47.3 Å². The molecule has 0 fully saturated rings. The largest absolute Gasteiger partial charge is 0.364 e. The molecule has 0 amide bonds. The average Bonchev–Trinajstić information content (AvgIpc) is 2.84. The summed E-state index contributed by atoms with van der Waals surface area (Å²) >= 11 is 0. The van der Waals surface area contributed by atoms with Crippen molar-refractivity contribution in [3.8, 4) is 11.4 Å². The molecule has 0 radical (unpaired) electrons. The van der Waals surface area contributed by atoms with Crippen molar-refractivity contribution in [3.63, 3.8) is 0 Å². The van der Waals surface area contributed by atoms with E-state index in [9.17, 15) is 0 Å². The summed E-state index contributed by atoms with van der Waals surface area (Å²) in [6.07, 6.45) is 8.83. The molecular formula is C24H27FN8. The first-order valence-electron chi connectivity index (χ1n) is 10.5. The highest BCUT2D eigenvalue weighted by Crippen LogP contribution is 2.17. The van der Waals surface area contributed by atoms with Crippen LogP contribution < -0.4 is 10.6 Å². The minimum absolute atomic E-state index is 0.0700. The number of hydrogen-bond donors (Lipinski definition) is 2. The number of pyridine rings is 2. The van der Waals surface area contributed by atoms with Gasteiger partial charge in [-0.3, -0.25) is 15.0 Å². The molecule has 170 valence electrons. The maximum atomic E-state index is 15.2. The van der Waals surface area contributed by atoms with Crippen LogP contribution in [0.2, 0.25) is 0 Å². The van der Waals surface area contributed by atoms with Crippen molar-refractivity contribution < 1.29 is 4.39 Å². The lowest BCUT2D eigenvalue weighted by atomic mass is 10.1. The second-order valence-corrected chi connectivity index (χ2v) is 7.27. The highest BCUT2D eigenvalue weighted by atomic mass is 19.1. The van der Waals surface area contributed by atoms with Crippen molar-refractivity contribution in [2.24, 2.45) is 9.98 Å². The Morgan fingerprint density at radius 2 is 1.97 bits per heavy atom. The number of aliphatic imine (C=N–C) groups is 2. The first-order chi connectivity index (χ1) is 16.1. The molecule has 3 aromatic rings. The van der Waals surface area contributed by atoms with Crippen LogP contribution in [0.4, 0.5) is 4.39 Å². The van der Waals surface area contributed by atoms with E-state index in [1.165, 1.54) is 6.34 Å². The van der Waals surface area contributed by atoms with Crippen LogP contribution in [0.5, 0.6) is 0 Å². The number of halogens is 1. The van der Waals surface area contributed by atoms with Crippen molar-refractivity contribution in [2.75, 3.05) is 13.6 Å². The van der Waals surface area contributed by atoms with Crippen LogP contribution in [0.15, 0.2) is 70.7 Å². The van der Waals surface area contributed by atoms with E-state index < -0.39 is 5.83 Å². The number of nitrogens with one attached hydrogen (secondary N) is 2. The van der Waals surface area contributed by atoms with E-state index in [-0.39, 0.29) is 12.2 Å². The second kappa shape index (κ2) is 12.3. The van der Waals surface area contributed by atoms with Gasteiger partial charge >= 0.3 is 0 Å². The predicted octanol–water partition coefficient (Wildman–Crippen LogP) is 3.20. The van der Waals surface area contributed by atoms with E-state index >= 15 is 4.39 Å². The highest BCUT2D eigenvalue weighted by Gasteiger charge is 2.11. The number of rotatable bonds is 11. The van der Waals surface area contributed by atoms with Gasteiger partial charge in [-0.1, -0.05) is 6.07 Å². The minimum Gasteiger partial charge on any atom is -0.364 e. The summed E-state index contributed by atoms with van der Waals surface area (Å²) in [5.74, 6) is 0.267. The summed E-state index contributed by atoms with van der Waals surface area (Å²) in [6, 6.07) is 7.45. The third-order valence-corrected chi connectivity index (χ3v) is 4.79. The van der Waals surface area contributed by atoms with Crippen LogP contribution in [-0.2, 0) is 19.4 Å². The Labute approximate surface area is 192 Å². The average molecular weight is 447 g/mol. The SMILES string of the molecule is C=NC=N/C(NCc1cnc(-c2ccnc(C)c2)nc1)=C(/F)Cc1cccnc1CCNC. The summed E-state index contributed by atoms with van der Waals surface area (Å²) in [7, 11) is 1.87. The molecule has 0 aliphatic heterocycles. The molecule has 0 aliphatic rings. The Morgan fingerprint density at radius 3 is 2.70 bits per heavy atom. The van der Waals surface area contributed by atoms with Crippen LogP contribution in [-0.4, -0.2) is 46.6 Å². The van der Waals surface area contributed by atoms with Crippen molar-refractivity contribution in [2.45, 2.75) is 26.3 Å². The summed E-state index contributed by atoms with van der Waals surface area (Å²) in [4.78, 5) is 25.1. The molecule has 8 nitrogen and oxygen atoms in total. The van der Waals surface area contributed by atoms with Gasteiger partial charge in [0.25, 0.3) is 0 Å². The molecule has 0 aromatic carbocycles. The number of aryl methyl sites for hydroxylation is 1. The molecule has 9 heteroatoms. The van der Waals surface area contributed by atoms with Gasteiger partial charge in [-0.15, -0.1) is 0 Å². The van der Waals surface area contributed by atoms with Gasteiger partial charge in [-0.2, -0.15) is 0 Å². The lowest BCUT2D eigenvalue weighted by Crippen LogP contribution is -2.15. The first-order valence-corrected chi connectivity index (χ1v) is 10.5. The Kier molecular flexibility index (Phi) is 8.84. The number of nitrogens with zero attached hydrogens (tertiary/aromatic N) is 6. The summed E-state index contributed by atoms with van der Waals surface area (Å²) < 4.78 is 15.2. The first kappa shape index (κ1) is 23.8. The van der Waals surface area contributed by atoms with Crippen molar-refractivity contribution in [1.82, 2.24) is 30.6 Å². The summed E-state index contributed by atoms with van der Waals surface area (Å²) in [6.45, 7) is 6.34. The van der Waals surface area contributed by atoms with Gasteiger partial charge in [0.05, 0.1) is 0 Å². The zero-order chi connectivity index (χ0) is 23.5. The van der Waals surface area contributed by atoms with E-state index in [1.807, 2.05) is 32.2 Å². The fraction of sp³-hybridized carbons (Fsp3) is 0.250. The maximum absolute atomic E-state index is 15.2. The van der Waals surface area contributed by atoms with Gasteiger partial charge in [-0.25, -0.2) is 19.4 Å². The standard InChI is InChI=1S/C24H27FN8/c1-17-11-20(6-10-28-17)23-30-13-18(14-31-23)15-32-24(33-16-27-3)21(25)12-19-5-4-8-29-22(19)7-9-26-2/h4-6,8,10-11,13-14,16,26,32H,3,7,9,12,15H2,1-2H3/b24-21+,33-16?. The predicted molar refractivity (Wildman–Crippen MR) is 129 cm³/mol. The quantitative estimate of drug-likeness (QED) is 0.347. The zero-order valence-electron chi connectivity index (χ0n) is 18.8. The molecule has 0 unspecified atom stereocenters. The molecule has 0 saturated carbocycles. The zero-order valence-corrected chi connectivity index (χ0v) is 18.8. The molecule has 0 spiro atoms. The van der Waals surface area contributed by atoms with Crippen LogP contribution >= 0.6 is 0 Å². The third-order valence-electron chi connectivity index (χ3n) is 4.79. The molecule has 0 aliphatic carbocycles. The van der Waals surface area contributed by atoms with Crippen molar-refractivity contribution in [3.05, 3.63) is 83.2 Å². The van der Waals surface area contributed by atoms with E-state index in [1.54, 1.807) is 30.9 Å². The molecule has 0 atom stereocenters. The van der Waals surface area contributed by atoms with E-state index in [0.717, 1.165) is 34.6 Å². The molecule has 2 N–H and O–H groups in total. The van der Waals surface area contributed by atoms with Gasteiger partial charge in [0.15, 0.2) is 11.6 Å². The number of aromatic nitrogens is 4. The Bertz CT molecular complexity index is 1130. The van der Waals surface area contributed by atoms with E-state index in [4.69, 9.17) is 0 Å². The smallest absolute Gasteiger partial charge is 0.160 e. The maximum Gasteiger partial charge on any atom is 0.160 e. The normalized spacial score (nSPS) is 12.0. The van der Waals surface area contributed by atoms with Gasteiger partial charge in [0.1, 0.15) is 12.2 Å². The van der Waals surface area contributed by atoms with Crippen LogP contribution in [0.25, 0.3) is 11.4 Å². The lowest BCUT2D eigenvalue weighted by molar-refractivity contribution is 0.574.